The summed E-state index contributed by atoms with van der Waals surface area (Å²) in [5, 5.41) is 1.49. The van der Waals surface area contributed by atoms with Gasteiger partial charge in [0.1, 0.15) is 0 Å². The van der Waals surface area contributed by atoms with Crippen LogP contribution in [0.5, 0.6) is 0 Å². The van der Waals surface area contributed by atoms with Gasteiger partial charge in [-0.15, -0.1) is 0 Å². The highest BCUT2D eigenvalue weighted by molar-refractivity contribution is 6.30. The van der Waals surface area contributed by atoms with Gasteiger partial charge in [-0.1, -0.05) is 108 Å². The molecule has 2 aliphatic rings. The number of hydrogen-bond donors (Lipinski definition) is 0. The highest BCUT2D eigenvalue weighted by Gasteiger charge is 2.53. The van der Waals surface area contributed by atoms with Gasteiger partial charge >= 0.3 is 0 Å². The molecule has 1 saturated carbocycles. The fraction of sp³-hybridized carbons (Fsp3) is 0.250. The molecule has 2 bridgehead atoms. The Balaban J connectivity index is 1.50. The van der Waals surface area contributed by atoms with Crippen molar-refractivity contribution in [3.05, 3.63) is 141 Å². The van der Waals surface area contributed by atoms with Crippen LogP contribution >= 0.6 is 35.0 Å². The Morgan fingerprint density at radius 3 is 1.25 bits per heavy atom. The molecule has 6 rings (SSSR count). The molecule has 1 aliphatic carbocycles. The van der Waals surface area contributed by atoms with Gasteiger partial charge in [0.25, 0.3) is 0 Å². The molecule has 2 fully saturated rings. The van der Waals surface area contributed by atoms with Crippen LogP contribution in [0.25, 0.3) is 0 Å². The summed E-state index contributed by atoms with van der Waals surface area (Å²) in [7, 11) is 0. The predicted molar refractivity (Wildman–Crippen MR) is 151 cm³/mol. The molecule has 4 aromatic carbocycles. The number of piperidine rings is 1. The molecule has 0 amide bonds. The minimum Gasteiger partial charge on any atom is -0.205 e. The second kappa shape index (κ2) is 10.2. The van der Waals surface area contributed by atoms with E-state index >= 15 is 0 Å². The molecule has 0 spiro atoms. The van der Waals surface area contributed by atoms with Gasteiger partial charge in [0, 0.05) is 10.0 Å². The highest BCUT2D eigenvalue weighted by Crippen LogP contribution is 2.62. The lowest BCUT2D eigenvalue weighted by Gasteiger charge is -2.56. The SMILES string of the molecule is Clc1ccc([C@@H]2[C@H]3C[C@@H]([C@H](c4ccccc4)C[C@@H]3c3ccccc3)[C@H](c3ccc(Cl)cc3)N2Cl)cc1. The molecule has 1 heterocycles. The van der Waals surface area contributed by atoms with Crippen molar-refractivity contribution in [3.63, 3.8) is 0 Å². The third-order valence-corrected chi connectivity index (χ3v) is 9.23. The average molecular weight is 533 g/mol. The van der Waals surface area contributed by atoms with Crippen LogP contribution in [0, 0.1) is 11.8 Å². The molecule has 6 atom stereocenters. The van der Waals surface area contributed by atoms with E-state index in [-0.39, 0.29) is 12.1 Å². The zero-order valence-electron chi connectivity index (χ0n) is 19.9. The van der Waals surface area contributed by atoms with E-state index in [2.05, 4.69) is 89.3 Å². The van der Waals surface area contributed by atoms with Crippen molar-refractivity contribution in [2.75, 3.05) is 0 Å². The van der Waals surface area contributed by atoms with Gasteiger partial charge < -0.3 is 0 Å². The first-order chi connectivity index (χ1) is 17.6. The zero-order chi connectivity index (χ0) is 24.6. The van der Waals surface area contributed by atoms with Crippen molar-refractivity contribution >= 4 is 35.0 Å². The summed E-state index contributed by atoms with van der Waals surface area (Å²) < 4.78 is 2.12. The van der Waals surface area contributed by atoms with Gasteiger partial charge in [-0.3, -0.25) is 0 Å². The highest BCUT2D eigenvalue weighted by atomic mass is 35.5. The Hall–Kier alpha value is -2.29. The first kappa shape index (κ1) is 24.1. The first-order valence-corrected chi connectivity index (χ1v) is 13.7. The third-order valence-electron chi connectivity index (χ3n) is 8.31. The van der Waals surface area contributed by atoms with Gasteiger partial charge in [0.15, 0.2) is 0 Å². The second-order valence-corrected chi connectivity index (χ2v) is 11.4. The van der Waals surface area contributed by atoms with E-state index in [0.29, 0.717) is 23.7 Å². The van der Waals surface area contributed by atoms with Gasteiger partial charge in [-0.05, 0) is 94.8 Å². The quantitative estimate of drug-likeness (QED) is 0.236. The predicted octanol–water partition coefficient (Wildman–Crippen LogP) is 9.84. The Kier molecular flexibility index (Phi) is 6.84. The van der Waals surface area contributed by atoms with Crippen LogP contribution in [0.3, 0.4) is 0 Å². The van der Waals surface area contributed by atoms with Crippen molar-refractivity contribution in [1.82, 2.24) is 4.42 Å². The van der Waals surface area contributed by atoms with E-state index in [1.165, 1.54) is 22.3 Å². The zero-order valence-corrected chi connectivity index (χ0v) is 22.1. The molecule has 0 unspecified atom stereocenters. The molecule has 4 aromatic rings. The van der Waals surface area contributed by atoms with Crippen molar-refractivity contribution in [1.29, 1.82) is 0 Å². The fourth-order valence-electron chi connectivity index (χ4n) is 6.77. The van der Waals surface area contributed by atoms with Crippen molar-refractivity contribution in [3.8, 4) is 0 Å². The van der Waals surface area contributed by atoms with E-state index in [1.54, 1.807) is 0 Å². The van der Waals surface area contributed by atoms with Crippen molar-refractivity contribution in [2.24, 2.45) is 11.8 Å². The minimum absolute atomic E-state index is 0.0720. The second-order valence-electron chi connectivity index (χ2n) is 10.2. The number of halogens is 3. The number of fused-ring (bicyclic) bond motifs is 2. The topological polar surface area (TPSA) is 3.24 Å². The maximum atomic E-state index is 7.47. The van der Waals surface area contributed by atoms with E-state index in [0.717, 1.165) is 22.9 Å². The maximum Gasteiger partial charge on any atom is 0.0542 e. The Morgan fingerprint density at radius 2 is 0.861 bits per heavy atom. The standard InChI is InChI=1S/C32H28Cl3N/c33-25-15-11-23(12-16-25)31-29-20-30(32(36(31)35)24-13-17-26(34)18-14-24)28(22-9-5-2-6-10-22)19-27(29)21-7-3-1-4-8-21/h1-18,27-32H,19-20H2/t27-,28+,29-,30-,31-,32+/m0/s1. The van der Waals surface area contributed by atoms with Crippen LogP contribution in [0.4, 0.5) is 0 Å². The molecule has 0 radical (unpaired) electrons. The van der Waals surface area contributed by atoms with Crippen molar-refractivity contribution in [2.45, 2.75) is 36.8 Å². The van der Waals surface area contributed by atoms with Crippen LogP contribution in [0.15, 0.2) is 109 Å². The van der Waals surface area contributed by atoms with E-state index in [1.807, 2.05) is 24.3 Å². The molecular formula is C32H28Cl3N. The molecule has 1 saturated heterocycles. The molecule has 1 aliphatic heterocycles. The van der Waals surface area contributed by atoms with Crippen LogP contribution < -0.4 is 0 Å². The maximum absolute atomic E-state index is 7.47. The number of hydrogen-bond acceptors (Lipinski definition) is 1. The number of benzene rings is 4. The smallest absolute Gasteiger partial charge is 0.0542 e. The largest absolute Gasteiger partial charge is 0.205 e. The summed E-state index contributed by atoms with van der Waals surface area (Å²) in [6, 6.07) is 38.7. The molecule has 4 heteroatoms. The lowest BCUT2D eigenvalue weighted by Crippen LogP contribution is -2.48. The summed E-state index contributed by atoms with van der Waals surface area (Å²) >= 11 is 20.0. The normalized spacial score (nSPS) is 28.1. The summed E-state index contributed by atoms with van der Waals surface area (Å²) in [5.41, 5.74) is 5.23. The third kappa shape index (κ3) is 4.48. The van der Waals surface area contributed by atoms with E-state index < -0.39 is 0 Å². The van der Waals surface area contributed by atoms with E-state index in [4.69, 9.17) is 35.0 Å². The molecule has 1 nitrogen and oxygen atoms in total. The van der Waals surface area contributed by atoms with Gasteiger partial charge in [-0.2, -0.15) is 0 Å². The Morgan fingerprint density at radius 1 is 0.472 bits per heavy atom. The Labute approximate surface area is 228 Å². The van der Waals surface area contributed by atoms with Gasteiger partial charge in [0.05, 0.1) is 12.1 Å². The fourth-order valence-corrected chi connectivity index (χ4v) is 7.54. The van der Waals surface area contributed by atoms with Crippen LogP contribution in [0.1, 0.15) is 59.0 Å². The van der Waals surface area contributed by atoms with Gasteiger partial charge in [0.2, 0.25) is 0 Å². The summed E-state index contributed by atoms with van der Waals surface area (Å²) in [6.45, 7) is 0. The molecule has 0 N–H and O–H groups in total. The Bertz CT molecular complexity index is 1190. The van der Waals surface area contributed by atoms with Gasteiger partial charge in [-0.25, -0.2) is 4.42 Å². The molecule has 36 heavy (non-hydrogen) atoms. The summed E-state index contributed by atoms with van der Waals surface area (Å²) in [4.78, 5) is 0. The minimum atomic E-state index is 0.0720. The molecular weight excluding hydrogens is 505 g/mol. The summed E-state index contributed by atoms with van der Waals surface area (Å²) in [5.74, 6) is 1.58. The monoisotopic (exact) mass is 531 g/mol. The molecule has 0 aromatic heterocycles. The van der Waals surface area contributed by atoms with Crippen LogP contribution in [0.2, 0.25) is 10.0 Å². The van der Waals surface area contributed by atoms with Crippen molar-refractivity contribution < 1.29 is 0 Å². The first-order valence-electron chi connectivity index (χ1n) is 12.6. The van der Waals surface area contributed by atoms with Crippen LogP contribution in [-0.4, -0.2) is 4.42 Å². The lowest BCUT2D eigenvalue weighted by molar-refractivity contribution is 0.00248. The van der Waals surface area contributed by atoms with E-state index in [9.17, 15) is 0 Å². The molecule has 182 valence electrons. The summed E-state index contributed by atoms with van der Waals surface area (Å²) in [6.07, 6.45) is 2.20. The lowest BCUT2D eigenvalue weighted by atomic mass is 9.57. The average Bonchev–Trinajstić information content (AvgIpc) is 2.92. The number of rotatable bonds is 4. The number of nitrogens with zero attached hydrogens (tertiary/aromatic N) is 1. The van der Waals surface area contributed by atoms with Crippen LogP contribution in [-0.2, 0) is 0 Å².